The normalized spacial score (nSPS) is 10.8. The van der Waals surface area contributed by atoms with Gasteiger partial charge < -0.3 is 4.42 Å². The summed E-state index contributed by atoms with van der Waals surface area (Å²) >= 11 is 0. The Morgan fingerprint density at radius 2 is 2.18 bits per heavy atom. The maximum Gasteiger partial charge on any atom is 0.263 e. The first-order valence-corrected chi connectivity index (χ1v) is 5.17. The van der Waals surface area contributed by atoms with E-state index in [-0.39, 0.29) is 5.56 Å². The second-order valence-corrected chi connectivity index (χ2v) is 3.63. The summed E-state index contributed by atoms with van der Waals surface area (Å²) in [6.45, 7) is 0.379. The van der Waals surface area contributed by atoms with Gasteiger partial charge in [0.25, 0.3) is 5.56 Å². The fraction of sp³-hybridized carbons (Fsp3) is 0.0833. The Balaban J connectivity index is 2.12. The molecule has 0 unspecified atom stereocenters. The van der Waals surface area contributed by atoms with Crippen molar-refractivity contribution in [1.82, 2.24) is 14.5 Å². The first-order chi connectivity index (χ1) is 8.34. The van der Waals surface area contributed by atoms with Crippen LogP contribution in [0.25, 0.3) is 11.0 Å². The molecule has 3 aromatic rings. The number of aromatic nitrogens is 3. The monoisotopic (exact) mass is 227 g/mol. The third kappa shape index (κ3) is 1.71. The van der Waals surface area contributed by atoms with Crippen LogP contribution < -0.4 is 5.56 Å². The van der Waals surface area contributed by atoms with Crippen molar-refractivity contribution in [3.8, 4) is 0 Å². The predicted octanol–water partition coefficient (Wildman–Crippen LogP) is 1.43. The van der Waals surface area contributed by atoms with Gasteiger partial charge in [-0.1, -0.05) is 0 Å². The zero-order valence-corrected chi connectivity index (χ0v) is 8.91. The molecule has 5 heteroatoms. The Bertz CT molecular complexity index is 701. The van der Waals surface area contributed by atoms with Gasteiger partial charge in [0, 0.05) is 6.20 Å². The van der Waals surface area contributed by atoms with E-state index < -0.39 is 0 Å². The van der Waals surface area contributed by atoms with E-state index in [1.165, 1.54) is 10.9 Å². The van der Waals surface area contributed by atoms with Crippen LogP contribution in [-0.2, 0) is 6.54 Å². The van der Waals surface area contributed by atoms with E-state index in [1.54, 1.807) is 30.7 Å². The molecule has 0 spiro atoms. The van der Waals surface area contributed by atoms with Gasteiger partial charge >= 0.3 is 0 Å². The fourth-order valence-electron chi connectivity index (χ4n) is 1.68. The van der Waals surface area contributed by atoms with Gasteiger partial charge in [-0.2, -0.15) is 0 Å². The molecule has 0 fully saturated rings. The highest BCUT2D eigenvalue weighted by molar-refractivity contribution is 5.72. The largest absolute Gasteiger partial charge is 0.467 e. The topological polar surface area (TPSA) is 60.9 Å². The van der Waals surface area contributed by atoms with Gasteiger partial charge in [-0.25, -0.2) is 9.97 Å². The van der Waals surface area contributed by atoms with Crippen molar-refractivity contribution in [3.63, 3.8) is 0 Å². The Morgan fingerprint density at radius 1 is 1.24 bits per heavy atom. The van der Waals surface area contributed by atoms with Gasteiger partial charge in [0.05, 0.1) is 18.2 Å². The molecule has 3 heterocycles. The Kier molecular flexibility index (Phi) is 2.22. The number of fused-ring (bicyclic) bond motifs is 1. The fourth-order valence-corrected chi connectivity index (χ4v) is 1.68. The molecule has 17 heavy (non-hydrogen) atoms. The quantitative estimate of drug-likeness (QED) is 0.664. The van der Waals surface area contributed by atoms with Crippen molar-refractivity contribution in [1.29, 1.82) is 0 Å². The number of rotatable bonds is 2. The van der Waals surface area contributed by atoms with E-state index in [0.29, 0.717) is 17.6 Å². The van der Waals surface area contributed by atoms with Gasteiger partial charge in [-0.3, -0.25) is 9.36 Å². The molecule has 3 aromatic heterocycles. The molecule has 0 saturated carbocycles. The molecule has 0 radical (unpaired) electrons. The van der Waals surface area contributed by atoms with Crippen LogP contribution in [0, 0.1) is 0 Å². The first kappa shape index (κ1) is 9.77. The molecule has 0 saturated heterocycles. The Hall–Kier alpha value is -2.43. The standard InChI is InChI=1S/C12H9N3O2/c16-12-10-4-1-5-13-11(10)14-8-15(12)7-9-3-2-6-17-9/h1-6,8H,7H2. The highest BCUT2D eigenvalue weighted by Crippen LogP contribution is 2.04. The lowest BCUT2D eigenvalue weighted by molar-refractivity contribution is 0.489. The SMILES string of the molecule is O=c1c2cccnc2ncn1Cc1ccco1. The third-order valence-corrected chi connectivity index (χ3v) is 2.50. The van der Waals surface area contributed by atoms with Crippen LogP contribution in [0.5, 0.6) is 0 Å². The maximum absolute atomic E-state index is 12.1. The molecule has 0 amide bonds. The molecule has 0 aliphatic carbocycles. The second kappa shape index (κ2) is 3.86. The summed E-state index contributed by atoms with van der Waals surface area (Å²) in [5.74, 6) is 0.720. The van der Waals surface area contributed by atoms with E-state index in [2.05, 4.69) is 9.97 Å². The van der Waals surface area contributed by atoms with Crippen LogP contribution in [0.15, 0.2) is 52.3 Å². The minimum atomic E-state index is -0.112. The van der Waals surface area contributed by atoms with Crippen molar-refractivity contribution in [2.75, 3.05) is 0 Å². The molecule has 3 rings (SSSR count). The lowest BCUT2D eigenvalue weighted by atomic mass is 10.3. The second-order valence-electron chi connectivity index (χ2n) is 3.63. The van der Waals surface area contributed by atoms with Crippen molar-refractivity contribution in [3.05, 3.63) is 59.2 Å². The van der Waals surface area contributed by atoms with Crippen molar-refractivity contribution in [2.24, 2.45) is 0 Å². The lowest BCUT2D eigenvalue weighted by Crippen LogP contribution is -2.21. The van der Waals surface area contributed by atoms with Crippen molar-refractivity contribution in [2.45, 2.75) is 6.54 Å². The molecule has 84 valence electrons. The van der Waals surface area contributed by atoms with E-state index in [0.717, 1.165) is 5.76 Å². The summed E-state index contributed by atoms with van der Waals surface area (Å²) in [5.41, 5.74) is 0.354. The zero-order valence-electron chi connectivity index (χ0n) is 8.91. The van der Waals surface area contributed by atoms with Crippen molar-refractivity contribution >= 4 is 11.0 Å². The number of hydrogen-bond acceptors (Lipinski definition) is 4. The number of nitrogens with zero attached hydrogens (tertiary/aromatic N) is 3. The van der Waals surface area contributed by atoms with E-state index in [4.69, 9.17) is 4.42 Å². The van der Waals surface area contributed by atoms with E-state index in [1.807, 2.05) is 6.07 Å². The summed E-state index contributed by atoms with van der Waals surface area (Å²) < 4.78 is 6.70. The number of hydrogen-bond donors (Lipinski definition) is 0. The van der Waals surface area contributed by atoms with Gasteiger partial charge in [0.1, 0.15) is 12.1 Å². The lowest BCUT2D eigenvalue weighted by Gasteiger charge is -2.03. The van der Waals surface area contributed by atoms with Crippen molar-refractivity contribution < 1.29 is 4.42 Å². The van der Waals surface area contributed by atoms with Crippen LogP contribution in [-0.4, -0.2) is 14.5 Å². The molecule has 0 aliphatic rings. The third-order valence-electron chi connectivity index (χ3n) is 2.50. The zero-order chi connectivity index (χ0) is 11.7. The van der Waals surface area contributed by atoms with Gasteiger partial charge in [-0.05, 0) is 24.3 Å². The van der Waals surface area contributed by atoms with Crippen LogP contribution >= 0.6 is 0 Å². The average molecular weight is 227 g/mol. The van der Waals surface area contributed by atoms with E-state index in [9.17, 15) is 4.79 Å². The molecule has 0 bridgehead atoms. The summed E-state index contributed by atoms with van der Waals surface area (Å²) in [4.78, 5) is 20.3. The molecule has 0 aromatic carbocycles. The van der Waals surface area contributed by atoms with E-state index >= 15 is 0 Å². The molecular weight excluding hydrogens is 218 g/mol. The molecular formula is C12H9N3O2. The minimum Gasteiger partial charge on any atom is -0.467 e. The highest BCUT2D eigenvalue weighted by atomic mass is 16.3. The molecule has 0 N–H and O–H groups in total. The first-order valence-electron chi connectivity index (χ1n) is 5.17. The van der Waals surface area contributed by atoms with Crippen LogP contribution in [0.2, 0.25) is 0 Å². The van der Waals surface area contributed by atoms with Crippen LogP contribution in [0.3, 0.4) is 0 Å². The van der Waals surface area contributed by atoms with Gasteiger partial charge in [-0.15, -0.1) is 0 Å². The Morgan fingerprint density at radius 3 is 3.00 bits per heavy atom. The summed E-state index contributed by atoms with van der Waals surface area (Å²) in [6.07, 6.45) is 4.68. The predicted molar refractivity (Wildman–Crippen MR) is 61.6 cm³/mol. The molecule has 5 nitrogen and oxygen atoms in total. The summed E-state index contributed by atoms with van der Waals surface area (Å²) in [7, 11) is 0. The minimum absolute atomic E-state index is 0.112. The summed E-state index contributed by atoms with van der Waals surface area (Å²) in [6, 6.07) is 7.05. The molecule has 0 atom stereocenters. The maximum atomic E-state index is 12.1. The smallest absolute Gasteiger partial charge is 0.263 e. The van der Waals surface area contributed by atoms with Crippen LogP contribution in [0.1, 0.15) is 5.76 Å². The number of furan rings is 1. The molecule has 0 aliphatic heterocycles. The Labute approximate surface area is 96.4 Å². The number of pyridine rings is 1. The van der Waals surface area contributed by atoms with Gasteiger partial charge in [0.15, 0.2) is 5.65 Å². The summed E-state index contributed by atoms with van der Waals surface area (Å²) in [5, 5.41) is 0.515. The highest BCUT2D eigenvalue weighted by Gasteiger charge is 2.05. The van der Waals surface area contributed by atoms with Gasteiger partial charge in [0.2, 0.25) is 0 Å². The average Bonchev–Trinajstić information content (AvgIpc) is 2.86. The van der Waals surface area contributed by atoms with Crippen LogP contribution in [0.4, 0.5) is 0 Å².